The molecule has 0 saturated heterocycles. The summed E-state index contributed by atoms with van der Waals surface area (Å²) in [5.74, 6) is 0. The molecule has 2 aromatic rings. The lowest BCUT2D eigenvalue weighted by Crippen LogP contribution is -2.27. The molecule has 2 heterocycles. The first-order valence-corrected chi connectivity index (χ1v) is 8.51. The number of hydrogen-bond donors (Lipinski definition) is 2. The molecule has 0 aromatic carbocycles. The van der Waals surface area contributed by atoms with Gasteiger partial charge < -0.3 is 5.32 Å². The van der Waals surface area contributed by atoms with Crippen LogP contribution in [0.2, 0.25) is 4.34 Å². The highest BCUT2D eigenvalue weighted by Gasteiger charge is 2.22. The van der Waals surface area contributed by atoms with Gasteiger partial charge in [-0.15, -0.1) is 11.3 Å². The zero-order chi connectivity index (χ0) is 14.8. The topological polar surface area (TPSA) is 71.1 Å². The first-order valence-electron chi connectivity index (χ1n) is 5.83. The fourth-order valence-corrected chi connectivity index (χ4v) is 4.23. The van der Waals surface area contributed by atoms with Crippen LogP contribution in [0.1, 0.15) is 17.8 Å². The fourth-order valence-electron chi connectivity index (χ4n) is 1.72. The quantitative estimate of drug-likeness (QED) is 0.883. The van der Waals surface area contributed by atoms with Gasteiger partial charge in [-0.3, -0.25) is 4.98 Å². The van der Waals surface area contributed by atoms with Gasteiger partial charge in [0.2, 0.25) is 10.0 Å². The third-order valence-corrected chi connectivity index (χ3v) is 5.68. The smallest absolute Gasteiger partial charge is 0.244 e. The number of nitrogens with one attached hydrogen (secondary N) is 2. The van der Waals surface area contributed by atoms with Gasteiger partial charge in [0.15, 0.2) is 0 Å². The summed E-state index contributed by atoms with van der Waals surface area (Å²) >= 11 is 7.21. The highest BCUT2D eigenvalue weighted by molar-refractivity contribution is 7.89. The SMILES string of the molecule is CNc1ccncc1S(=O)(=O)NC(C)c1ccc(Cl)s1. The zero-order valence-electron chi connectivity index (χ0n) is 10.9. The summed E-state index contributed by atoms with van der Waals surface area (Å²) in [6, 6.07) is 4.81. The lowest BCUT2D eigenvalue weighted by Gasteiger charge is -2.14. The van der Waals surface area contributed by atoms with Crippen molar-refractivity contribution in [3.8, 4) is 0 Å². The van der Waals surface area contributed by atoms with E-state index in [9.17, 15) is 8.42 Å². The third-order valence-electron chi connectivity index (χ3n) is 2.70. The molecule has 108 valence electrons. The van der Waals surface area contributed by atoms with Crippen LogP contribution in [0.15, 0.2) is 35.5 Å². The highest BCUT2D eigenvalue weighted by atomic mass is 35.5. The summed E-state index contributed by atoms with van der Waals surface area (Å²) in [4.78, 5) is 4.84. The molecule has 0 aliphatic rings. The van der Waals surface area contributed by atoms with Crippen molar-refractivity contribution >= 4 is 38.6 Å². The Morgan fingerprint density at radius 1 is 1.35 bits per heavy atom. The second-order valence-corrected chi connectivity index (χ2v) is 7.54. The van der Waals surface area contributed by atoms with Gasteiger partial charge in [0, 0.05) is 24.3 Å². The van der Waals surface area contributed by atoms with Crippen LogP contribution >= 0.6 is 22.9 Å². The first kappa shape index (κ1) is 15.2. The number of nitrogens with zero attached hydrogens (tertiary/aromatic N) is 1. The number of anilines is 1. The van der Waals surface area contributed by atoms with Gasteiger partial charge in [0.1, 0.15) is 4.90 Å². The molecule has 2 aromatic heterocycles. The monoisotopic (exact) mass is 331 g/mol. The molecule has 2 N–H and O–H groups in total. The van der Waals surface area contributed by atoms with Crippen LogP contribution in [-0.2, 0) is 10.0 Å². The summed E-state index contributed by atoms with van der Waals surface area (Å²) < 4.78 is 28.0. The van der Waals surface area contributed by atoms with Crippen LogP contribution in [0.3, 0.4) is 0 Å². The average Bonchev–Trinajstić information content (AvgIpc) is 2.85. The molecular formula is C12H14ClN3O2S2. The number of hydrogen-bond acceptors (Lipinski definition) is 5. The number of pyridine rings is 1. The van der Waals surface area contributed by atoms with E-state index in [4.69, 9.17) is 11.6 Å². The van der Waals surface area contributed by atoms with Crippen molar-refractivity contribution in [1.82, 2.24) is 9.71 Å². The Kier molecular flexibility index (Phi) is 4.64. The Bertz CT molecular complexity index is 700. The van der Waals surface area contributed by atoms with Crippen molar-refractivity contribution in [2.45, 2.75) is 17.9 Å². The highest BCUT2D eigenvalue weighted by Crippen LogP contribution is 2.28. The predicted octanol–water partition coefficient (Wildman–Crippen LogP) is 2.88. The maximum Gasteiger partial charge on any atom is 0.244 e. The van der Waals surface area contributed by atoms with Crippen molar-refractivity contribution in [3.05, 3.63) is 39.8 Å². The van der Waals surface area contributed by atoms with E-state index in [1.54, 1.807) is 26.1 Å². The molecule has 20 heavy (non-hydrogen) atoms. The molecule has 0 bridgehead atoms. The van der Waals surface area contributed by atoms with Gasteiger partial charge >= 0.3 is 0 Å². The molecule has 0 amide bonds. The summed E-state index contributed by atoms with van der Waals surface area (Å²) in [7, 11) is -1.99. The fraction of sp³-hybridized carbons (Fsp3) is 0.250. The molecule has 0 spiro atoms. The number of rotatable bonds is 5. The molecule has 2 rings (SSSR count). The van der Waals surface area contributed by atoms with Crippen molar-refractivity contribution in [2.75, 3.05) is 12.4 Å². The van der Waals surface area contributed by atoms with Gasteiger partial charge in [-0.2, -0.15) is 0 Å². The largest absolute Gasteiger partial charge is 0.387 e. The van der Waals surface area contributed by atoms with E-state index in [0.717, 1.165) is 4.88 Å². The second kappa shape index (κ2) is 6.09. The van der Waals surface area contributed by atoms with Crippen LogP contribution in [0, 0.1) is 0 Å². The number of sulfonamides is 1. The van der Waals surface area contributed by atoms with Gasteiger partial charge in [-0.25, -0.2) is 13.1 Å². The van der Waals surface area contributed by atoms with Crippen molar-refractivity contribution in [1.29, 1.82) is 0 Å². The molecule has 1 atom stereocenters. The summed E-state index contributed by atoms with van der Waals surface area (Å²) in [6.07, 6.45) is 2.86. The lowest BCUT2D eigenvalue weighted by molar-refractivity contribution is 0.568. The second-order valence-electron chi connectivity index (χ2n) is 4.11. The molecule has 0 radical (unpaired) electrons. The Balaban J connectivity index is 2.27. The van der Waals surface area contributed by atoms with E-state index in [2.05, 4.69) is 15.0 Å². The zero-order valence-corrected chi connectivity index (χ0v) is 13.3. The summed E-state index contributed by atoms with van der Waals surface area (Å²) in [6.45, 7) is 1.77. The van der Waals surface area contributed by atoms with Crippen molar-refractivity contribution in [3.63, 3.8) is 0 Å². The van der Waals surface area contributed by atoms with Gasteiger partial charge in [-0.05, 0) is 25.1 Å². The molecular weight excluding hydrogens is 318 g/mol. The van der Waals surface area contributed by atoms with E-state index >= 15 is 0 Å². The van der Waals surface area contributed by atoms with E-state index in [0.29, 0.717) is 10.0 Å². The van der Waals surface area contributed by atoms with E-state index in [1.165, 1.54) is 23.7 Å². The normalized spacial score (nSPS) is 13.2. The molecule has 5 nitrogen and oxygen atoms in total. The molecule has 0 aliphatic carbocycles. The maximum atomic E-state index is 12.4. The Morgan fingerprint density at radius 2 is 2.10 bits per heavy atom. The van der Waals surface area contributed by atoms with Crippen LogP contribution in [-0.4, -0.2) is 20.4 Å². The standard InChI is InChI=1S/C12H14ClN3O2S2/c1-8(10-3-4-12(13)19-10)16-20(17,18)11-7-15-6-5-9(11)14-2/h3-8,16H,1-2H3,(H,14,15). The van der Waals surface area contributed by atoms with Crippen LogP contribution in [0.4, 0.5) is 5.69 Å². The van der Waals surface area contributed by atoms with Crippen LogP contribution < -0.4 is 10.0 Å². The van der Waals surface area contributed by atoms with Crippen LogP contribution in [0.5, 0.6) is 0 Å². The van der Waals surface area contributed by atoms with Crippen molar-refractivity contribution < 1.29 is 8.42 Å². The van der Waals surface area contributed by atoms with Crippen molar-refractivity contribution in [2.24, 2.45) is 0 Å². The summed E-state index contributed by atoms with van der Waals surface area (Å²) in [5.41, 5.74) is 0.504. The van der Waals surface area contributed by atoms with E-state index < -0.39 is 10.0 Å². The van der Waals surface area contributed by atoms with Gasteiger partial charge in [-0.1, -0.05) is 11.6 Å². The predicted molar refractivity (Wildman–Crippen MR) is 81.8 cm³/mol. The summed E-state index contributed by atoms with van der Waals surface area (Å²) in [5, 5.41) is 2.84. The van der Waals surface area contributed by atoms with Crippen LogP contribution in [0.25, 0.3) is 0 Å². The minimum Gasteiger partial charge on any atom is -0.387 e. The van der Waals surface area contributed by atoms with E-state index in [-0.39, 0.29) is 10.9 Å². The molecule has 0 fully saturated rings. The Hall–Kier alpha value is -1.15. The Labute approximate surface area is 127 Å². The average molecular weight is 332 g/mol. The number of thiophene rings is 1. The van der Waals surface area contributed by atoms with Gasteiger partial charge in [0.05, 0.1) is 16.1 Å². The minimum atomic E-state index is -3.65. The van der Waals surface area contributed by atoms with E-state index in [1.807, 2.05) is 6.07 Å². The lowest BCUT2D eigenvalue weighted by atomic mass is 10.3. The Morgan fingerprint density at radius 3 is 2.70 bits per heavy atom. The maximum absolute atomic E-state index is 12.4. The molecule has 1 unspecified atom stereocenters. The minimum absolute atomic E-state index is 0.122. The number of aromatic nitrogens is 1. The van der Waals surface area contributed by atoms with Gasteiger partial charge in [0.25, 0.3) is 0 Å². The first-order chi connectivity index (χ1) is 9.44. The molecule has 8 heteroatoms. The number of halogens is 1. The molecule has 0 aliphatic heterocycles. The molecule has 0 saturated carbocycles. The third kappa shape index (κ3) is 3.29.